The molecule has 34 heavy (non-hydrogen) atoms. The highest BCUT2D eigenvalue weighted by Crippen LogP contribution is 2.24. The summed E-state index contributed by atoms with van der Waals surface area (Å²) >= 11 is 0. The molecule has 1 N–H and O–H groups in total. The van der Waals surface area contributed by atoms with Crippen molar-refractivity contribution in [2.75, 3.05) is 32.8 Å². The minimum absolute atomic E-state index is 0.393. The van der Waals surface area contributed by atoms with E-state index in [1.807, 2.05) is 12.1 Å². The molecule has 0 amide bonds. The highest BCUT2D eigenvalue weighted by Gasteiger charge is 2.21. The van der Waals surface area contributed by atoms with Crippen molar-refractivity contribution < 1.29 is 9.13 Å². The summed E-state index contributed by atoms with van der Waals surface area (Å²) in [7, 11) is 0. The van der Waals surface area contributed by atoms with Gasteiger partial charge >= 0.3 is 0 Å². The molecule has 3 aromatic rings. The number of ether oxygens (including phenoxy) is 1. The molecule has 5 nitrogen and oxygen atoms in total. The number of nitrogens with zero attached hydrogens (tertiary/aromatic N) is 3. The van der Waals surface area contributed by atoms with Crippen LogP contribution >= 0.6 is 0 Å². The maximum absolute atomic E-state index is 14.3. The second kappa shape index (κ2) is 13.0. The van der Waals surface area contributed by atoms with Gasteiger partial charge in [0.15, 0.2) is 0 Å². The number of benzene rings is 1. The van der Waals surface area contributed by atoms with E-state index in [1.165, 1.54) is 62.2 Å². The van der Waals surface area contributed by atoms with E-state index in [1.54, 1.807) is 6.07 Å². The Balaban J connectivity index is 1.33. The summed E-state index contributed by atoms with van der Waals surface area (Å²) in [5, 5.41) is 1.21. The number of aromatic nitrogens is 2. The summed E-state index contributed by atoms with van der Waals surface area (Å²) in [6.07, 6.45) is 11.4. The van der Waals surface area contributed by atoms with Crippen molar-refractivity contribution >= 4 is 10.9 Å². The summed E-state index contributed by atoms with van der Waals surface area (Å²) in [6, 6.07) is 12.7. The van der Waals surface area contributed by atoms with E-state index in [9.17, 15) is 4.39 Å². The SMILES string of the molecule is CCCCN(CCOCCN(Cc1cccnc1F)Cc1c[nH]c2ccccc12)C1CCCC1. The van der Waals surface area contributed by atoms with Gasteiger partial charge in [-0.05, 0) is 43.5 Å². The fraction of sp³-hybridized carbons (Fsp3) is 0.536. The Morgan fingerprint density at radius 3 is 2.62 bits per heavy atom. The average Bonchev–Trinajstić information content (AvgIpc) is 3.53. The molecule has 1 saturated carbocycles. The van der Waals surface area contributed by atoms with E-state index in [4.69, 9.17) is 4.74 Å². The van der Waals surface area contributed by atoms with Crippen molar-refractivity contribution in [1.29, 1.82) is 0 Å². The van der Waals surface area contributed by atoms with Crippen LogP contribution in [0.5, 0.6) is 0 Å². The van der Waals surface area contributed by atoms with Crippen molar-refractivity contribution in [3.8, 4) is 0 Å². The fourth-order valence-corrected chi connectivity index (χ4v) is 5.08. The molecule has 0 saturated heterocycles. The largest absolute Gasteiger partial charge is 0.379 e. The Kier molecular flexibility index (Phi) is 9.48. The van der Waals surface area contributed by atoms with E-state index in [2.05, 4.69) is 51.1 Å². The molecular weight excluding hydrogens is 427 g/mol. The monoisotopic (exact) mass is 466 g/mol. The van der Waals surface area contributed by atoms with Crippen LogP contribution in [0.2, 0.25) is 0 Å². The second-order valence-electron chi connectivity index (χ2n) is 9.46. The highest BCUT2D eigenvalue weighted by molar-refractivity contribution is 5.82. The van der Waals surface area contributed by atoms with Gasteiger partial charge in [0.2, 0.25) is 5.95 Å². The lowest BCUT2D eigenvalue weighted by Crippen LogP contribution is -2.37. The first-order valence-electron chi connectivity index (χ1n) is 12.9. The average molecular weight is 467 g/mol. The Bertz CT molecular complexity index is 1000. The number of hydrogen-bond donors (Lipinski definition) is 1. The molecule has 1 aliphatic carbocycles. The number of hydrogen-bond acceptors (Lipinski definition) is 4. The summed E-state index contributed by atoms with van der Waals surface area (Å²) in [6.45, 7) is 7.81. The van der Waals surface area contributed by atoms with Crippen molar-refractivity contribution in [2.24, 2.45) is 0 Å². The van der Waals surface area contributed by atoms with Gasteiger partial charge in [-0.3, -0.25) is 9.80 Å². The molecule has 6 heteroatoms. The fourth-order valence-electron chi connectivity index (χ4n) is 5.08. The summed E-state index contributed by atoms with van der Waals surface area (Å²) in [5.41, 5.74) is 2.96. The minimum atomic E-state index is -0.393. The summed E-state index contributed by atoms with van der Waals surface area (Å²) in [5.74, 6) is -0.393. The van der Waals surface area contributed by atoms with Crippen LogP contribution in [0.3, 0.4) is 0 Å². The topological polar surface area (TPSA) is 44.4 Å². The smallest absolute Gasteiger partial charge is 0.217 e. The van der Waals surface area contributed by atoms with E-state index >= 15 is 0 Å². The van der Waals surface area contributed by atoms with Gasteiger partial charge in [-0.2, -0.15) is 4.39 Å². The lowest BCUT2D eigenvalue weighted by Gasteiger charge is -2.29. The number of halogens is 1. The van der Waals surface area contributed by atoms with Crippen LogP contribution in [-0.4, -0.2) is 58.7 Å². The number of fused-ring (bicyclic) bond motifs is 1. The number of pyridine rings is 1. The number of rotatable bonds is 14. The zero-order valence-electron chi connectivity index (χ0n) is 20.5. The molecule has 0 unspecified atom stereocenters. The summed E-state index contributed by atoms with van der Waals surface area (Å²) in [4.78, 5) is 12.1. The van der Waals surface area contributed by atoms with E-state index in [0.29, 0.717) is 18.7 Å². The molecule has 0 bridgehead atoms. The van der Waals surface area contributed by atoms with E-state index < -0.39 is 5.95 Å². The van der Waals surface area contributed by atoms with Crippen LogP contribution in [-0.2, 0) is 17.8 Å². The van der Waals surface area contributed by atoms with Crippen LogP contribution in [0, 0.1) is 5.95 Å². The van der Waals surface area contributed by atoms with Gasteiger partial charge in [0, 0.05) is 61.1 Å². The van der Waals surface area contributed by atoms with Crippen LogP contribution in [0.15, 0.2) is 48.8 Å². The number of H-pyrrole nitrogens is 1. The standard InChI is InChI=1S/C28H39FN4O/c1-2-3-15-33(25-10-4-5-11-25)17-19-34-18-16-32(21-23-9-8-14-30-28(23)29)22-24-20-31-27-13-7-6-12-26(24)27/h6-9,12-14,20,25,31H,2-5,10-11,15-19,21-22H2,1H3. The Labute approximate surface area is 203 Å². The first-order valence-corrected chi connectivity index (χ1v) is 12.9. The number of unbranched alkanes of at least 4 members (excludes halogenated alkanes) is 1. The third-order valence-electron chi connectivity index (χ3n) is 7.01. The lowest BCUT2D eigenvalue weighted by atomic mass is 10.1. The molecule has 0 atom stereocenters. The van der Waals surface area contributed by atoms with Gasteiger partial charge in [-0.15, -0.1) is 0 Å². The molecule has 1 fully saturated rings. The van der Waals surface area contributed by atoms with Crippen molar-refractivity contribution in [1.82, 2.24) is 19.8 Å². The molecule has 2 aromatic heterocycles. The third-order valence-corrected chi connectivity index (χ3v) is 7.01. The van der Waals surface area contributed by atoms with E-state index in [-0.39, 0.29) is 0 Å². The Hall–Kier alpha value is -2.28. The molecule has 1 aliphatic rings. The number of nitrogens with one attached hydrogen (secondary N) is 1. The van der Waals surface area contributed by atoms with Crippen molar-refractivity contribution in [3.63, 3.8) is 0 Å². The molecule has 2 heterocycles. The zero-order valence-corrected chi connectivity index (χ0v) is 20.5. The molecular formula is C28H39FN4O. The molecule has 1 aromatic carbocycles. The molecule has 0 spiro atoms. The quantitative estimate of drug-likeness (QED) is 0.242. The van der Waals surface area contributed by atoms with Crippen molar-refractivity contribution in [3.05, 3.63) is 65.9 Å². The molecule has 0 radical (unpaired) electrons. The maximum atomic E-state index is 14.3. The number of aromatic amines is 1. The maximum Gasteiger partial charge on any atom is 0.217 e. The minimum Gasteiger partial charge on any atom is -0.379 e. The second-order valence-corrected chi connectivity index (χ2v) is 9.46. The third kappa shape index (κ3) is 6.87. The van der Waals surface area contributed by atoms with Gasteiger partial charge < -0.3 is 9.72 Å². The van der Waals surface area contributed by atoms with Gasteiger partial charge in [0.25, 0.3) is 0 Å². The Morgan fingerprint density at radius 2 is 1.79 bits per heavy atom. The van der Waals surface area contributed by atoms with Crippen molar-refractivity contribution in [2.45, 2.75) is 64.6 Å². The lowest BCUT2D eigenvalue weighted by molar-refractivity contribution is 0.0677. The normalized spacial score (nSPS) is 14.7. The van der Waals surface area contributed by atoms with E-state index in [0.717, 1.165) is 37.8 Å². The molecule has 0 aliphatic heterocycles. The van der Waals surface area contributed by atoms with Crippen LogP contribution in [0.25, 0.3) is 10.9 Å². The number of para-hydroxylation sites is 1. The Morgan fingerprint density at radius 1 is 1.00 bits per heavy atom. The molecule has 184 valence electrons. The highest BCUT2D eigenvalue weighted by atomic mass is 19.1. The first-order chi connectivity index (χ1) is 16.7. The van der Waals surface area contributed by atoms with Crippen LogP contribution in [0.1, 0.15) is 56.6 Å². The molecule has 4 rings (SSSR count). The first kappa shape index (κ1) is 24.8. The predicted molar refractivity (Wildman–Crippen MR) is 136 cm³/mol. The summed E-state index contributed by atoms with van der Waals surface area (Å²) < 4.78 is 20.4. The van der Waals surface area contributed by atoms with Gasteiger partial charge in [0.05, 0.1) is 13.2 Å². The zero-order chi connectivity index (χ0) is 23.6. The van der Waals surface area contributed by atoms with Gasteiger partial charge in [-0.1, -0.05) is 50.5 Å². The van der Waals surface area contributed by atoms with Crippen LogP contribution in [0.4, 0.5) is 4.39 Å². The van der Waals surface area contributed by atoms with Crippen LogP contribution < -0.4 is 0 Å². The predicted octanol–water partition coefficient (Wildman–Crippen LogP) is 5.77. The van der Waals surface area contributed by atoms with Gasteiger partial charge in [0.1, 0.15) is 0 Å². The van der Waals surface area contributed by atoms with Gasteiger partial charge in [-0.25, -0.2) is 4.98 Å².